The molecule has 2 aromatic rings. The lowest BCUT2D eigenvalue weighted by Gasteiger charge is -2.05. The van der Waals surface area contributed by atoms with Gasteiger partial charge in [0.1, 0.15) is 5.58 Å². The molecule has 0 fully saturated rings. The topological polar surface area (TPSA) is 67.5 Å². The van der Waals surface area contributed by atoms with Crippen LogP contribution in [0.1, 0.15) is 75.3 Å². The van der Waals surface area contributed by atoms with Crippen molar-refractivity contribution >= 4 is 16.9 Å². The molecule has 1 N–H and O–H groups in total. The SMILES string of the molecule is Cc1cc(=O)oc2cc(CCCCCCCCCCCC(=O)O)ccc12. The second-order valence-electron chi connectivity index (χ2n) is 7.15. The van der Waals surface area contributed by atoms with Gasteiger partial charge in [-0.1, -0.05) is 57.1 Å². The monoisotopic (exact) mass is 358 g/mol. The molecule has 0 aliphatic carbocycles. The molecule has 0 unspecified atom stereocenters. The maximum atomic E-state index is 11.5. The molecule has 0 saturated carbocycles. The van der Waals surface area contributed by atoms with Crippen molar-refractivity contribution in [2.45, 2.75) is 77.6 Å². The highest BCUT2D eigenvalue weighted by molar-refractivity contribution is 5.80. The van der Waals surface area contributed by atoms with Crippen molar-refractivity contribution in [3.63, 3.8) is 0 Å². The zero-order valence-corrected chi connectivity index (χ0v) is 15.8. The summed E-state index contributed by atoms with van der Waals surface area (Å²) in [6.45, 7) is 1.94. The first-order valence-electron chi connectivity index (χ1n) is 9.81. The van der Waals surface area contributed by atoms with Crippen LogP contribution in [-0.4, -0.2) is 11.1 Å². The highest BCUT2D eigenvalue weighted by Gasteiger charge is 2.03. The predicted octanol–water partition coefficient (Wildman–Crippen LogP) is 5.63. The second-order valence-corrected chi connectivity index (χ2v) is 7.15. The number of hydrogen-bond donors (Lipinski definition) is 1. The minimum Gasteiger partial charge on any atom is -0.481 e. The average Bonchev–Trinajstić information content (AvgIpc) is 2.59. The summed E-state index contributed by atoms with van der Waals surface area (Å²) in [5.74, 6) is -0.686. The average molecular weight is 358 g/mol. The Balaban J connectivity index is 1.58. The van der Waals surface area contributed by atoms with Crippen molar-refractivity contribution in [3.8, 4) is 0 Å². The van der Waals surface area contributed by atoms with Gasteiger partial charge in [-0.25, -0.2) is 4.79 Å². The molecule has 0 bridgehead atoms. The molecule has 2 rings (SSSR count). The van der Waals surface area contributed by atoms with Crippen LogP contribution in [0.25, 0.3) is 11.0 Å². The van der Waals surface area contributed by atoms with Crippen LogP contribution < -0.4 is 5.63 Å². The summed E-state index contributed by atoms with van der Waals surface area (Å²) < 4.78 is 5.31. The second kappa shape index (κ2) is 10.8. The largest absolute Gasteiger partial charge is 0.481 e. The number of hydrogen-bond acceptors (Lipinski definition) is 3. The van der Waals surface area contributed by atoms with Gasteiger partial charge in [-0.05, 0) is 43.4 Å². The van der Waals surface area contributed by atoms with Crippen molar-refractivity contribution < 1.29 is 14.3 Å². The van der Waals surface area contributed by atoms with Gasteiger partial charge in [0.05, 0.1) is 0 Å². The quantitative estimate of drug-likeness (QED) is 0.394. The number of carbonyl (C=O) groups is 1. The maximum absolute atomic E-state index is 11.5. The fourth-order valence-corrected chi connectivity index (χ4v) is 3.37. The van der Waals surface area contributed by atoms with E-state index in [-0.39, 0.29) is 5.63 Å². The molecule has 0 aliphatic heterocycles. The molecular formula is C22H30O4. The Morgan fingerprint density at radius 2 is 1.54 bits per heavy atom. The summed E-state index contributed by atoms with van der Waals surface area (Å²) in [6, 6.07) is 7.72. The molecule has 0 atom stereocenters. The van der Waals surface area contributed by atoms with Crippen LogP contribution in [0, 0.1) is 6.92 Å². The van der Waals surface area contributed by atoms with Crippen molar-refractivity contribution in [1.82, 2.24) is 0 Å². The van der Waals surface area contributed by atoms with Crippen LogP contribution >= 0.6 is 0 Å². The number of carboxylic acids is 1. The predicted molar refractivity (Wildman–Crippen MR) is 105 cm³/mol. The third kappa shape index (κ3) is 7.03. The van der Waals surface area contributed by atoms with Crippen LogP contribution in [0.5, 0.6) is 0 Å². The molecule has 1 aromatic heterocycles. The van der Waals surface area contributed by atoms with E-state index >= 15 is 0 Å². The van der Waals surface area contributed by atoms with Gasteiger partial charge < -0.3 is 9.52 Å². The van der Waals surface area contributed by atoms with Gasteiger partial charge in [0.2, 0.25) is 0 Å². The van der Waals surface area contributed by atoms with Gasteiger partial charge in [-0.2, -0.15) is 0 Å². The summed E-state index contributed by atoms with van der Waals surface area (Å²) in [5, 5.41) is 9.59. The highest BCUT2D eigenvalue weighted by atomic mass is 16.4. The third-order valence-electron chi connectivity index (χ3n) is 4.87. The Hall–Kier alpha value is -2.10. The summed E-state index contributed by atoms with van der Waals surface area (Å²) in [6.07, 6.45) is 11.6. The number of benzene rings is 1. The number of carboxylic acid groups (broad SMARTS) is 1. The standard InChI is InChI=1S/C22H30O4/c1-17-15-22(25)26-20-16-18(13-14-19(17)20)11-9-7-5-3-2-4-6-8-10-12-21(23)24/h13-16H,2-12H2,1H3,(H,23,24). The zero-order chi connectivity index (χ0) is 18.8. The molecule has 1 aromatic carbocycles. The molecule has 142 valence electrons. The van der Waals surface area contributed by atoms with E-state index < -0.39 is 5.97 Å². The molecule has 0 radical (unpaired) electrons. The van der Waals surface area contributed by atoms with E-state index in [1.165, 1.54) is 43.7 Å². The zero-order valence-electron chi connectivity index (χ0n) is 15.8. The third-order valence-corrected chi connectivity index (χ3v) is 4.87. The lowest BCUT2D eigenvalue weighted by molar-refractivity contribution is -0.137. The van der Waals surface area contributed by atoms with Crippen LogP contribution in [0.4, 0.5) is 0 Å². The van der Waals surface area contributed by atoms with Crippen LogP contribution in [-0.2, 0) is 11.2 Å². The van der Waals surface area contributed by atoms with E-state index in [0.29, 0.717) is 12.0 Å². The van der Waals surface area contributed by atoms with Gasteiger partial charge in [-0.15, -0.1) is 0 Å². The summed E-state index contributed by atoms with van der Waals surface area (Å²) in [7, 11) is 0. The fraction of sp³-hybridized carbons (Fsp3) is 0.545. The minimum atomic E-state index is -0.686. The molecule has 0 aliphatic rings. The highest BCUT2D eigenvalue weighted by Crippen LogP contribution is 2.19. The number of aliphatic carboxylic acids is 1. The van der Waals surface area contributed by atoms with Crippen molar-refractivity contribution in [1.29, 1.82) is 0 Å². The Morgan fingerprint density at radius 1 is 0.923 bits per heavy atom. The van der Waals surface area contributed by atoms with Crippen molar-refractivity contribution in [2.24, 2.45) is 0 Å². The lowest BCUT2D eigenvalue weighted by atomic mass is 10.0. The van der Waals surface area contributed by atoms with Gasteiger partial charge >= 0.3 is 11.6 Å². The van der Waals surface area contributed by atoms with E-state index in [2.05, 4.69) is 6.07 Å². The normalized spacial score (nSPS) is 11.1. The molecule has 26 heavy (non-hydrogen) atoms. The Labute approximate surface area is 155 Å². The Kier molecular flexibility index (Phi) is 8.39. The van der Waals surface area contributed by atoms with E-state index in [4.69, 9.17) is 9.52 Å². The van der Waals surface area contributed by atoms with Gasteiger partial charge in [0.25, 0.3) is 0 Å². The first kappa shape index (κ1) is 20.2. The Morgan fingerprint density at radius 3 is 2.19 bits per heavy atom. The molecule has 4 heteroatoms. The van der Waals surface area contributed by atoms with Gasteiger partial charge in [0.15, 0.2) is 0 Å². The maximum Gasteiger partial charge on any atom is 0.336 e. The molecule has 0 spiro atoms. The number of fused-ring (bicyclic) bond motifs is 1. The number of unbranched alkanes of at least 4 members (excludes halogenated alkanes) is 8. The number of rotatable bonds is 12. The minimum absolute atomic E-state index is 0.282. The van der Waals surface area contributed by atoms with Crippen molar-refractivity contribution in [2.75, 3.05) is 0 Å². The van der Waals surface area contributed by atoms with Crippen LogP contribution in [0.3, 0.4) is 0 Å². The van der Waals surface area contributed by atoms with E-state index in [1.54, 1.807) is 0 Å². The first-order chi connectivity index (χ1) is 12.6. The lowest BCUT2D eigenvalue weighted by Crippen LogP contribution is -1.98. The van der Waals surface area contributed by atoms with Gasteiger partial charge in [0, 0.05) is 17.9 Å². The van der Waals surface area contributed by atoms with E-state index in [1.807, 2.05) is 19.1 Å². The Bertz CT molecular complexity index is 760. The molecule has 1 heterocycles. The summed E-state index contributed by atoms with van der Waals surface area (Å²) in [5.41, 5.74) is 2.60. The van der Waals surface area contributed by atoms with Crippen LogP contribution in [0.2, 0.25) is 0 Å². The van der Waals surface area contributed by atoms with Crippen LogP contribution in [0.15, 0.2) is 33.5 Å². The van der Waals surface area contributed by atoms with E-state index in [9.17, 15) is 9.59 Å². The van der Waals surface area contributed by atoms with E-state index in [0.717, 1.165) is 43.1 Å². The molecular weight excluding hydrogens is 328 g/mol. The number of aryl methyl sites for hydroxylation is 2. The smallest absolute Gasteiger partial charge is 0.336 e. The fourth-order valence-electron chi connectivity index (χ4n) is 3.37. The van der Waals surface area contributed by atoms with Crippen molar-refractivity contribution in [3.05, 3.63) is 45.8 Å². The molecule has 4 nitrogen and oxygen atoms in total. The molecule has 0 amide bonds. The first-order valence-corrected chi connectivity index (χ1v) is 9.81. The summed E-state index contributed by atoms with van der Waals surface area (Å²) >= 11 is 0. The van der Waals surface area contributed by atoms with Gasteiger partial charge in [-0.3, -0.25) is 4.79 Å². The summed E-state index contributed by atoms with van der Waals surface area (Å²) in [4.78, 5) is 21.9. The molecule has 0 saturated heterocycles.